The molecule has 0 saturated carbocycles. The maximum atomic E-state index is 5.79. The first kappa shape index (κ1) is 17.1. The Morgan fingerprint density at radius 1 is 1.25 bits per heavy atom. The lowest BCUT2D eigenvalue weighted by atomic mass is 10.1. The van der Waals surface area contributed by atoms with E-state index in [9.17, 15) is 0 Å². The van der Waals surface area contributed by atoms with Crippen LogP contribution in [0.3, 0.4) is 0 Å². The van der Waals surface area contributed by atoms with E-state index in [1.807, 2.05) is 19.9 Å². The van der Waals surface area contributed by atoms with Gasteiger partial charge in [0.2, 0.25) is 0 Å². The van der Waals surface area contributed by atoms with Crippen LogP contribution < -0.4 is 0 Å². The normalized spacial score (nSPS) is 11.6. The highest BCUT2D eigenvalue weighted by atomic mass is 28.2. The van der Waals surface area contributed by atoms with Gasteiger partial charge in [-0.15, -0.1) is 0 Å². The van der Waals surface area contributed by atoms with E-state index in [0.717, 1.165) is 24.6 Å². The Balaban J connectivity index is 2.18. The summed E-state index contributed by atoms with van der Waals surface area (Å²) in [5, 5.41) is 0. The largest absolute Gasteiger partial charge is 0.423 e. The Morgan fingerprint density at radius 2 is 2.00 bits per heavy atom. The summed E-state index contributed by atoms with van der Waals surface area (Å²) >= 11 is 0. The summed E-state index contributed by atoms with van der Waals surface area (Å²) in [6.45, 7) is 9.91. The molecule has 0 aliphatic rings. The number of rotatable bonds is 11. The van der Waals surface area contributed by atoms with Gasteiger partial charge in [0.15, 0.2) is 16.1 Å². The highest BCUT2D eigenvalue weighted by molar-refractivity contribution is 6.27. The molecule has 1 aromatic carbocycles. The highest BCUT2D eigenvalue weighted by Gasteiger charge is 2.07. The molecule has 0 spiro atoms. The zero-order valence-electron chi connectivity index (χ0n) is 12.6. The van der Waals surface area contributed by atoms with E-state index >= 15 is 0 Å². The van der Waals surface area contributed by atoms with Crippen molar-refractivity contribution in [3.8, 4) is 0 Å². The Labute approximate surface area is 124 Å². The molecular formula is C16H26O3Si. The zero-order valence-corrected chi connectivity index (χ0v) is 14.1. The molecular weight excluding hydrogens is 268 g/mol. The van der Waals surface area contributed by atoms with Crippen LogP contribution in [0.4, 0.5) is 0 Å². The summed E-state index contributed by atoms with van der Waals surface area (Å²) in [6.07, 6.45) is 2.73. The Bertz CT molecular complexity index is 376. The predicted molar refractivity (Wildman–Crippen MR) is 86.6 cm³/mol. The monoisotopic (exact) mass is 294 g/mol. The van der Waals surface area contributed by atoms with Crippen molar-refractivity contribution in [1.29, 1.82) is 0 Å². The van der Waals surface area contributed by atoms with Crippen LogP contribution in [-0.4, -0.2) is 35.9 Å². The molecule has 0 fully saturated rings. The number of ether oxygens (including phenoxy) is 2. The first-order valence-corrected chi connectivity index (χ1v) is 8.90. The van der Waals surface area contributed by atoms with Gasteiger partial charge in [-0.25, -0.2) is 0 Å². The maximum absolute atomic E-state index is 5.79. The van der Waals surface area contributed by atoms with Crippen LogP contribution >= 0.6 is 0 Å². The second-order valence-electron chi connectivity index (χ2n) is 4.44. The molecule has 4 heteroatoms. The highest BCUT2D eigenvalue weighted by Crippen LogP contribution is 2.07. The fraction of sp³-hybridized carbons (Fsp3) is 0.500. The van der Waals surface area contributed by atoms with Crippen molar-refractivity contribution in [3.05, 3.63) is 42.0 Å². The molecule has 0 bridgehead atoms. The third-order valence-electron chi connectivity index (χ3n) is 2.92. The van der Waals surface area contributed by atoms with E-state index in [1.165, 1.54) is 5.56 Å². The van der Waals surface area contributed by atoms with Crippen molar-refractivity contribution >= 4 is 15.8 Å². The summed E-state index contributed by atoms with van der Waals surface area (Å²) in [5.41, 5.74) is 2.45. The molecule has 0 saturated heterocycles. The van der Waals surface area contributed by atoms with Gasteiger partial charge in [-0.3, -0.25) is 0 Å². The molecule has 112 valence electrons. The van der Waals surface area contributed by atoms with Crippen LogP contribution in [0.15, 0.2) is 30.8 Å². The second-order valence-corrected chi connectivity index (χ2v) is 5.83. The lowest BCUT2D eigenvalue weighted by molar-refractivity contribution is -0.124. The van der Waals surface area contributed by atoms with E-state index < -0.39 is 9.76 Å². The summed E-state index contributed by atoms with van der Waals surface area (Å²) in [4.78, 5) is 0. The van der Waals surface area contributed by atoms with Gasteiger partial charge in [0.25, 0.3) is 0 Å². The third kappa shape index (κ3) is 7.00. The molecule has 0 aliphatic heterocycles. The van der Waals surface area contributed by atoms with E-state index in [1.54, 1.807) is 0 Å². The molecule has 0 heterocycles. The SMILES string of the molecule is C=Cc1cccc(CCO[SiH2]CC(OCC)OCC)c1. The molecule has 20 heavy (non-hydrogen) atoms. The molecule has 3 nitrogen and oxygen atoms in total. The molecule has 0 atom stereocenters. The maximum Gasteiger partial charge on any atom is 0.166 e. The number of hydrogen-bond donors (Lipinski definition) is 0. The summed E-state index contributed by atoms with van der Waals surface area (Å²) in [7, 11) is -0.578. The fourth-order valence-corrected chi connectivity index (χ4v) is 2.97. The fourth-order valence-electron chi connectivity index (χ4n) is 1.93. The van der Waals surface area contributed by atoms with Crippen LogP contribution in [0.5, 0.6) is 0 Å². The van der Waals surface area contributed by atoms with Gasteiger partial charge in [0.05, 0.1) is 0 Å². The lowest BCUT2D eigenvalue weighted by Crippen LogP contribution is -2.20. The molecule has 1 rings (SSSR count). The molecule has 0 aromatic heterocycles. The Hall–Kier alpha value is -0.943. The molecule has 1 aromatic rings. The average molecular weight is 294 g/mol. The molecule has 0 amide bonds. The van der Waals surface area contributed by atoms with Gasteiger partial charge in [-0.2, -0.15) is 0 Å². The van der Waals surface area contributed by atoms with E-state index in [-0.39, 0.29) is 6.29 Å². The zero-order chi connectivity index (χ0) is 14.6. The van der Waals surface area contributed by atoms with Crippen LogP contribution in [0.25, 0.3) is 6.08 Å². The van der Waals surface area contributed by atoms with Gasteiger partial charge in [0, 0.05) is 25.9 Å². The minimum Gasteiger partial charge on any atom is -0.423 e. The quantitative estimate of drug-likeness (QED) is 0.357. The van der Waals surface area contributed by atoms with Crippen LogP contribution in [0.2, 0.25) is 6.04 Å². The topological polar surface area (TPSA) is 27.7 Å². The minimum absolute atomic E-state index is 0.0826. The molecule has 0 aliphatic carbocycles. The van der Waals surface area contributed by atoms with Crippen molar-refractivity contribution in [2.24, 2.45) is 0 Å². The lowest BCUT2D eigenvalue weighted by Gasteiger charge is -2.16. The predicted octanol–water partition coefficient (Wildman–Crippen LogP) is 2.79. The van der Waals surface area contributed by atoms with Crippen molar-refractivity contribution in [1.82, 2.24) is 0 Å². The van der Waals surface area contributed by atoms with Crippen molar-refractivity contribution in [3.63, 3.8) is 0 Å². The van der Waals surface area contributed by atoms with Crippen LogP contribution in [0, 0.1) is 0 Å². The van der Waals surface area contributed by atoms with Crippen LogP contribution in [-0.2, 0) is 20.3 Å². The summed E-state index contributed by atoms with van der Waals surface area (Å²) < 4.78 is 16.8. The smallest absolute Gasteiger partial charge is 0.166 e. The van der Waals surface area contributed by atoms with E-state index in [2.05, 4.69) is 30.8 Å². The van der Waals surface area contributed by atoms with Crippen LogP contribution in [0.1, 0.15) is 25.0 Å². The van der Waals surface area contributed by atoms with Gasteiger partial charge in [0.1, 0.15) is 0 Å². The standard InChI is InChI=1S/C16H26O3Si/c1-4-14-8-7-9-15(12-14)10-11-19-20-13-16(17-5-2)18-6-3/h4,7-9,12,16H,1,5-6,10-11,13,20H2,2-3H3. The van der Waals surface area contributed by atoms with Gasteiger partial charge in [-0.1, -0.05) is 36.9 Å². The van der Waals surface area contributed by atoms with E-state index in [4.69, 9.17) is 13.9 Å². The molecule has 0 radical (unpaired) electrons. The first-order chi connectivity index (χ1) is 9.80. The summed E-state index contributed by atoms with van der Waals surface area (Å²) in [5.74, 6) is 0. The average Bonchev–Trinajstić information content (AvgIpc) is 2.47. The molecule has 0 unspecified atom stereocenters. The van der Waals surface area contributed by atoms with E-state index in [0.29, 0.717) is 13.2 Å². The Morgan fingerprint density at radius 3 is 2.65 bits per heavy atom. The third-order valence-corrected chi connectivity index (χ3v) is 4.21. The number of benzene rings is 1. The van der Waals surface area contributed by atoms with Crippen molar-refractivity contribution in [2.45, 2.75) is 32.6 Å². The van der Waals surface area contributed by atoms with Crippen molar-refractivity contribution in [2.75, 3.05) is 19.8 Å². The Kier molecular flexibility index (Phi) is 9.24. The second kappa shape index (κ2) is 10.8. The minimum atomic E-state index is -0.578. The first-order valence-electron chi connectivity index (χ1n) is 7.32. The van der Waals surface area contributed by atoms with Crippen molar-refractivity contribution < 1.29 is 13.9 Å². The van der Waals surface area contributed by atoms with Gasteiger partial charge in [-0.05, 0) is 31.4 Å². The summed E-state index contributed by atoms with van der Waals surface area (Å²) in [6, 6.07) is 9.31. The van der Waals surface area contributed by atoms with Gasteiger partial charge < -0.3 is 13.9 Å². The van der Waals surface area contributed by atoms with Gasteiger partial charge >= 0.3 is 0 Å². The molecule has 0 N–H and O–H groups in total. The number of hydrogen-bond acceptors (Lipinski definition) is 3.